The van der Waals surface area contributed by atoms with Gasteiger partial charge in [0.1, 0.15) is 0 Å². The number of aliphatic imine (C=N–C) groups is 1. The Balaban J connectivity index is 2.12. The summed E-state index contributed by atoms with van der Waals surface area (Å²) in [6.07, 6.45) is 0.769. The number of amidine groups is 1. The zero-order valence-electron chi connectivity index (χ0n) is 10.8. The lowest BCUT2D eigenvalue weighted by molar-refractivity contribution is -0.121. The molecule has 0 aromatic heterocycles. The summed E-state index contributed by atoms with van der Waals surface area (Å²) in [6, 6.07) is -0.0246. The highest BCUT2D eigenvalue weighted by atomic mass is 32.2. The molecule has 0 spiro atoms. The van der Waals surface area contributed by atoms with Crippen molar-refractivity contribution in [1.29, 1.82) is 0 Å². The van der Waals surface area contributed by atoms with Crippen LogP contribution in [-0.4, -0.2) is 54.2 Å². The number of carbonyl (C=O) groups excluding carboxylic acids is 1. The van der Waals surface area contributed by atoms with Gasteiger partial charge in [-0.2, -0.15) is 4.99 Å². The van der Waals surface area contributed by atoms with Crippen molar-refractivity contribution in [3.05, 3.63) is 0 Å². The normalized spacial score (nSPS) is 33.7. The van der Waals surface area contributed by atoms with Gasteiger partial charge in [-0.1, -0.05) is 25.6 Å². The molecule has 102 valence electrons. The van der Waals surface area contributed by atoms with E-state index >= 15 is 0 Å². The van der Waals surface area contributed by atoms with Gasteiger partial charge in [-0.15, -0.1) is 0 Å². The van der Waals surface area contributed by atoms with Crippen molar-refractivity contribution < 1.29 is 13.2 Å². The lowest BCUT2D eigenvalue weighted by atomic mass is 10.1. The summed E-state index contributed by atoms with van der Waals surface area (Å²) in [4.78, 5) is 17.8. The smallest absolute Gasteiger partial charge is 0.250 e. The Morgan fingerprint density at radius 2 is 2.22 bits per heavy atom. The average Bonchev–Trinajstić information content (AvgIpc) is 2.73. The fraction of sp³-hybridized carbons (Fsp3) is 0.818. The zero-order valence-corrected chi connectivity index (χ0v) is 12.4. The number of carbonyl (C=O) groups is 1. The molecule has 1 amide bonds. The number of hydrogen-bond acceptors (Lipinski definition) is 4. The maximum Gasteiger partial charge on any atom is 0.250 e. The standard InChI is InChI=1S/C11H18N2O3S2/c1-4-7(2)10(14)12-11-13(3)8-5-18(15,16)6-9(8)17-11/h7-9H,4-6H2,1-3H3. The highest BCUT2D eigenvalue weighted by Crippen LogP contribution is 2.37. The highest BCUT2D eigenvalue weighted by Gasteiger charge is 2.47. The summed E-state index contributed by atoms with van der Waals surface area (Å²) in [5, 5.41) is 0.702. The molecule has 2 rings (SSSR count). The number of fused-ring (bicyclic) bond motifs is 1. The minimum Gasteiger partial charge on any atom is -0.349 e. The van der Waals surface area contributed by atoms with Gasteiger partial charge in [0, 0.05) is 18.2 Å². The molecule has 0 aromatic carbocycles. The molecular weight excluding hydrogens is 272 g/mol. The van der Waals surface area contributed by atoms with Gasteiger partial charge in [0.25, 0.3) is 5.91 Å². The SMILES string of the molecule is CCC(C)C(=O)N=C1SC2CS(=O)(=O)CC2N1C. The number of sulfone groups is 1. The minimum atomic E-state index is -2.91. The number of thioether (sulfide) groups is 1. The topological polar surface area (TPSA) is 66.8 Å². The molecule has 0 saturated carbocycles. The molecule has 0 bridgehead atoms. The first-order valence-corrected chi connectivity index (χ1v) is 8.76. The van der Waals surface area contributed by atoms with Gasteiger partial charge in [-0.25, -0.2) is 8.42 Å². The molecule has 2 heterocycles. The number of rotatable bonds is 2. The van der Waals surface area contributed by atoms with Crippen LogP contribution in [0.5, 0.6) is 0 Å². The Hall–Kier alpha value is -0.560. The van der Waals surface area contributed by atoms with Crippen LogP contribution >= 0.6 is 11.8 Å². The Bertz CT molecular complexity index is 487. The van der Waals surface area contributed by atoms with Gasteiger partial charge < -0.3 is 4.90 Å². The molecule has 0 N–H and O–H groups in total. The van der Waals surface area contributed by atoms with E-state index in [1.165, 1.54) is 11.8 Å². The molecule has 2 saturated heterocycles. The molecule has 5 nitrogen and oxygen atoms in total. The van der Waals surface area contributed by atoms with Crippen molar-refractivity contribution in [2.75, 3.05) is 18.6 Å². The molecule has 2 aliphatic heterocycles. The van der Waals surface area contributed by atoms with Crippen LogP contribution in [-0.2, 0) is 14.6 Å². The molecule has 0 radical (unpaired) electrons. The van der Waals surface area contributed by atoms with E-state index in [4.69, 9.17) is 0 Å². The second-order valence-corrected chi connectivity index (χ2v) is 8.31. The third-order valence-corrected chi connectivity index (χ3v) is 6.87. The van der Waals surface area contributed by atoms with Crippen LogP contribution < -0.4 is 0 Å². The summed E-state index contributed by atoms with van der Waals surface area (Å²) in [7, 11) is -1.09. The van der Waals surface area contributed by atoms with Crippen molar-refractivity contribution in [3.8, 4) is 0 Å². The summed E-state index contributed by atoms with van der Waals surface area (Å²) < 4.78 is 23.1. The molecule has 2 fully saturated rings. The van der Waals surface area contributed by atoms with Crippen LogP contribution in [0.3, 0.4) is 0 Å². The Morgan fingerprint density at radius 1 is 1.56 bits per heavy atom. The summed E-state index contributed by atoms with van der Waals surface area (Å²) in [5.74, 6) is 0.186. The van der Waals surface area contributed by atoms with E-state index in [2.05, 4.69) is 4.99 Å². The van der Waals surface area contributed by atoms with Crippen LogP contribution in [0.1, 0.15) is 20.3 Å². The van der Waals surface area contributed by atoms with Crippen LogP contribution in [0.4, 0.5) is 0 Å². The number of nitrogens with zero attached hydrogens (tertiary/aromatic N) is 2. The van der Waals surface area contributed by atoms with E-state index in [-0.39, 0.29) is 34.6 Å². The lowest BCUT2D eigenvalue weighted by Crippen LogP contribution is -2.34. The largest absolute Gasteiger partial charge is 0.349 e. The average molecular weight is 290 g/mol. The minimum absolute atomic E-state index is 0.0246. The second kappa shape index (κ2) is 4.85. The van der Waals surface area contributed by atoms with Gasteiger partial charge >= 0.3 is 0 Å². The molecule has 7 heteroatoms. The van der Waals surface area contributed by atoms with Crippen molar-refractivity contribution in [3.63, 3.8) is 0 Å². The first-order chi connectivity index (χ1) is 8.34. The fourth-order valence-electron chi connectivity index (χ4n) is 2.12. The van der Waals surface area contributed by atoms with Crippen LogP contribution in [0.15, 0.2) is 4.99 Å². The maximum absolute atomic E-state index is 11.8. The molecule has 3 atom stereocenters. The Labute approximate surface area is 112 Å². The van der Waals surface area contributed by atoms with E-state index in [1.807, 2.05) is 25.8 Å². The predicted octanol–water partition coefficient (Wildman–Crippen LogP) is 0.759. The third kappa shape index (κ3) is 2.56. The highest BCUT2D eigenvalue weighted by molar-refractivity contribution is 8.15. The van der Waals surface area contributed by atoms with Crippen LogP contribution in [0.25, 0.3) is 0 Å². The Kier molecular flexibility index (Phi) is 3.73. The monoisotopic (exact) mass is 290 g/mol. The van der Waals surface area contributed by atoms with Crippen molar-refractivity contribution in [1.82, 2.24) is 4.90 Å². The third-order valence-electron chi connectivity index (χ3n) is 3.57. The zero-order chi connectivity index (χ0) is 13.5. The van der Waals surface area contributed by atoms with Gasteiger partial charge in [0.05, 0.1) is 17.5 Å². The van der Waals surface area contributed by atoms with E-state index in [9.17, 15) is 13.2 Å². The maximum atomic E-state index is 11.8. The summed E-state index contributed by atoms with van der Waals surface area (Å²) in [5.41, 5.74) is 0. The fourth-order valence-corrected chi connectivity index (χ4v) is 6.12. The molecule has 18 heavy (non-hydrogen) atoms. The first-order valence-electron chi connectivity index (χ1n) is 6.06. The molecule has 2 aliphatic rings. The van der Waals surface area contributed by atoms with Gasteiger partial charge in [0.2, 0.25) is 0 Å². The van der Waals surface area contributed by atoms with Crippen molar-refractivity contribution in [2.24, 2.45) is 10.9 Å². The van der Waals surface area contributed by atoms with Crippen molar-refractivity contribution >= 4 is 32.7 Å². The van der Waals surface area contributed by atoms with Gasteiger partial charge in [-0.05, 0) is 6.42 Å². The quantitative estimate of drug-likeness (QED) is 0.751. The van der Waals surface area contributed by atoms with Crippen LogP contribution in [0.2, 0.25) is 0 Å². The van der Waals surface area contributed by atoms with E-state index < -0.39 is 9.84 Å². The molecule has 0 aromatic rings. The van der Waals surface area contributed by atoms with Crippen molar-refractivity contribution in [2.45, 2.75) is 31.6 Å². The molecule has 0 aliphatic carbocycles. The predicted molar refractivity (Wildman–Crippen MR) is 73.5 cm³/mol. The van der Waals surface area contributed by atoms with Gasteiger partial charge in [-0.3, -0.25) is 4.79 Å². The van der Waals surface area contributed by atoms with Gasteiger partial charge in [0.15, 0.2) is 15.0 Å². The van der Waals surface area contributed by atoms with E-state index in [0.717, 1.165) is 6.42 Å². The van der Waals surface area contributed by atoms with Crippen LogP contribution in [0, 0.1) is 5.92 Å². The Morgan fingerprint density at radius 3 is 2.78 bits per heavy atom. The summed E-state index contributed by atoms with van der Waals surface area (Å²) >= 11 is 1.42. The van der Waals surface area contributed by atoms with E-state index in [0.29, 0.717) is 5.17 Å². The summed E-state index contributed by atoms with van der Waals surface area (Å²) in [6.45, 7) is 3.81. The molecular formula is C11H18N2O3S2. The molecule has 3 unspecified atom stereocenters. The lowest BCUT2D eigenvalue weighted by Gasteiger charge is -2.18. The first kappa shape index (κ1) is 13.9. The van der Waals surface area contributed by atoms with E-state index in [1.54, 1.807) is 0 Å². The second-order valence-electron chi connectivity index (χ2n) is 4.95. The number of amides is 1. The number of hydrogen-bond donors (Lipinski definition) is 0.